The lowest BCUT2D eigenvalue weighted by molar-refractivity contribution is -0.142. The van der Waals surface area contributed by atoms with E-state index < -0.39 is 23.1 Å². The number of carbonyl (C=O) groups is 1. The van der Waals surface area contributed by atoms with Gasteiger partial charge < -0.3 is 24.1 Å². The maximum atomic E-state index is 13.5. The number of methoxy groups -OCH3 is 2. The zero-order valence-electron chi connectivity index (χ0n) is 22.3. The number of esters is 1. The SMILES string of the molecule is C=C1CC[C@H]2[C@](C)(CCC(C)(C)O)[C@H](O)CC[C@]2(C)[C@@H]1Cc1c(OC)oc(C)c(C(=O)OC)c1=O. The van der Waals surface area contributed by atoms with Gasteiger partial charge in [-0.25, -0.2) is 4.79 Å². The zero-order chi connectivity index (χ0) is 26.3. The number of hydrogen-bond acceptors (Lipinski definition) is 7. The Morgan fingerprint density at radius 3 is 2.49 bits per heavy atom. The van der Waals surface area contributed by atoms with Gasteiger partial charge in [-0.1, -0.05) is 26.0 Å². The van der Waals surface area contributed by atoms with E-state index in [-0.39, 0.29) is 39.9 Å². The van der Waals surface area contributed by atoms with Crippen LogP contribution in [0.4, 0.5) is 0 Å². The van der Waals surface area contributed by atoms with E-state index in [1.807, 2.05) is 0 Å². The van der Waals surface area contributed by atoms with E-state index in [0.29, 0.717) is 31.2 Å². The Bertz CT molecular complexity index is 1030. The predicted molar refractivity (Wildman–Crippen MR) is 134 cm³/mol. The molecule has 1 aromatic rings. The van der Waals surface area contributed by atoms with Crippen molar-refractivity contribution in [3.63, 3.8) is 0 Å². The summed E-state index contributed by atoms with van der Waals surface area (Å²) in [6.45, 7) is 13.9. The molecule has 0 spiro atoms. The van der Waals surface area contributed by atoms with E-state index in [1.165, 1.54) is 14.2 Å². The van der Waals surface area contributed by atoms with Crippen molar-refractivity contribution in [1.29, 1.82) is 0 Å². The quantitative estimate of drug-likeness (QED) is 0.425. The molecule has 0 unspecified atom stereocenters. The van der Waals surface area contributed by atoms with Crippen LogP contribution in [0.1, 0.15) is 87.9 Å². The second-order valence-corrected chi connectivity index (χ2v) is 11.7. The van der Waals surface area contributed by atoms with Gasteiger partial charge in [-0.2, -0.15) is 0 Å². The summed E-state index contributed by atoms with van der Waals surface area (Å²) in [5, 5.41) is 21.6. The lowest BCUT2D eigenvalue weighted by Crippen LogP contribution is -2.56. The molecular weight excluding hydrogens is 448 g/mol. The number of fused-ring (bicyclic) bond motifs is 1. The van der Waals surface area contributed by atoms with Gasteiger partial charge >= 0.3 is 5.97 Å². The molecule has 0 amide bonds. The van der Waals surface area contributed by atoms with Crippen molar-refractivity contribution < 1.29 is 28.9 Å². The maximum absolute atomic E-state index is 13.5. The van der Waals surface area contributed by atoms with Crippen LogP contribution in [0, 0.1) is 29.6 Å². The van der Waals surface area contributed by atoms with E-state index in [9.17, 15) is 19.8 Å². The molecule has 196 valence electrons. The molecule has 0 bridgehead atoms. The van der Waals surface area contributed by atoms with Crippen LogP contribution in [-0.4, -0.2) is 42.1 Å². The van der Waals surface area contributed by atoms with Crippen LogP contribution in [0.2, 0.25) is 0 Å². The largest absolute Gasteiger partial charge is 0.468 e. The first-order valence-corrected chi connectivity index (χ1v) is 12.6. The standard InChI is InChI=1S/C28H42O7/c1-16-9-10-20-27(5,12-11-21(29)28(20,6)14-13-26(3,4)32)19(16)15-18-23(30)22(24(31)33-7)17(2)35-25(18)34-8/h19-21,29,32H,1,9-15H2,2-8H3/t19-,20-,21-,27-,28+/m1/s1. The van der Waals surface area contributed by atoms with Crippen LogP contribution in [0.25, 0.3) is 0 Å². The molecular formula is C28H42O7. The summed E-state index contributed by atoms with van der Waals surface area (Å²) in [6, 6.07) is 0. The second-order valence-electron chi connectivity index (χ2n) is 11.7. The summed E-state index contributed by atoms with van der Waals surface area (Å²) in [7, 11) is 2.69. The summed E-state index contributed by atoms with van der Waals surface area (Å²) in [5.41, 5.74) is -0.575. The Kier molecular flexibility index (Phi) is 7.64. The van der Waals surface area contributed by atoms with E-state index in [0.717, 1.165) is 24.8 Å². The lowest BCUT2D eigenvalue weighted by atomic mass is 9.45. The third-order valence-corrected chi connectivity index (χ3v) is 8.96. The van der Waals surface area contributed by atoms with Crippen LogP contribution in [-0.2, 0) is 11.2 Å². The number of rotatable bonds is 7. The fraction of sp³-hybridized carbons (Fsp3) is 0.714. The van der Waals surface area contributed by atoms with Crippen molar-refractivity contribution in [1.82, 2.24) is 0 Å². The average Bonchev–Trinajstić information content (AvgIpc) is 2.78. The average molecular weight is 491 g/mol. The number of carbonyl (C=O) groups excluding carboxylic acids is 1. The van der Waals surface area contributed by atoms with Crippen molar-refractivity contribution in [3.05, 3.63) is 39.3 Å². The molecule has 0 aliphatic heterocycles. The highest BCUT2D eigenvalue weighted by molar-refractivity contribution is 5.90. The van der Waals surface area contributed by atoms with Gasteiger partial charge in [-0.05, 0) is 88.4 Å². The molecule has 2 fully saturated rings. The molecule has 5 atom stereocenters. The predicted octanol–water partition coefficient (Wildman–Crippen LogP) is 4.59. The summed E-state index contributed by atoms with van der Waals surface area (Å²) in [4.78, 5) is 25.8. The molecule has 3 rings (SSSR count). The highest BCUT2D eigenvalue weighted by atomic mass is 16.6. The lowest BCUT2D eigenvalue weighted by Gasteiger charge is -2.60. The monoisotopic (exact) mass is 490 g/mol. The molecule has 2 N–H and O–H groups in total. The summed E-state index contributed by atoms with van der Waals surface area (Å²) in [6.07, 6.45) is 4.31. The van der Waals surface area contributed by atoms with Crippen molar-refractivity contribution in [2.75, 3.05) is 14.2 Å². The van der Waals surface area contributed by atoms with Gasteiger partial charge in [0.25, 0.3) is 5.95 Å². The first kappa shape index (κ1) is 27.5. The Morgan fingerprint density at radius 2 is 1.91 bits per heavy atom. The van der Waals surface area contributed by atoms with E-state index >= 15 is 0 Å². The zero-order valence-corrected chi connectivity index (χ0v) is 22.3. The van der Waals surface area contributed by atoms with Gasteiger partial charge in [-0.15, -0.1) is 0 Å². The smallest absolute Gasteiger partial charge is 0.345 e. The molecule has 1 heterocycles. The molecule has 0 saturated heterocycles. The molecule has 1 aromatic heterocycles. The normalized spacial score (nSPS) is 31.1. The molecule has 2 saturated carbocycles. The van der Waals surface area contributed by atoms with Gasteiger partial charge in [0.05, 0.1) is 31.5 Å². The number of allylic oxidation sites excluding steroid dienone is 1. The third-order valence-electron chi connectivity index (χ3n) is 8.96. The second kappa shape index (κ2) is 9.74. The highest BCUT2D eigenvalue weighted by Gasteiger charge is 2.57. The van der Waals surface area contributed by atoms with Crippen LogP contribution in [0.3, 0.4) is 0 Å². The van der Waals surface area contributed by atoms with Gasteiger partial charge in [0.2, 0.25) is 5.43 Å². The van der Waals surface area contributed by atoms with Gasteiger partial charge in [0.1, 0.15) is 11.3 Å². The Balaban J connectivity index is 2.06. The summed E-state index contributed by atoms with van der Waals surface area (Å²) >= 11 is 0. The molecule has 35 heavy (non-hydrogen) atoms. The Labute approximate surface area is 208 Å². The van der Waals surface area contributed by atoms with Crippen LogP contribution >= 0.6 is 0 Å². The third kappa shape index (κ3) is 4.94. The van der Waals surface area contributed by atoms with E-state index in [4.69, 9.17) is 13.9 Å². The molecule has 7 nitrogen and oxygen atoms in total. The van der Waals surface area contributed by atoms with Crippen molar-refractivity contribution in [2.24, 2.45) is 22.7 Å². The number of ether oxygens (including phenoxy) is 2. The van der Waals surface area contributed by atoms with Crippen molar-refractivity contribution in [3.8, 4) is 5.95 Å². The number of hydrogen-bond donors (Lipinski definition) is 2. The fourth-order valence-electron chi connectivity index (χ4n) is 6.82. The van der Waals surface area contributed by atoms with Crippen LogP contribution in [0.5, 0.6) is 5.95 Å². The fourth-order valence-corrected chi connectivity index (χ4v) is 6.82. The molecule has 0 radical (unpaired) electrons. The van der Waals surface area contributed by atoms with Crippen molar-refractivity contribution in [2.45, 2.75) is 91.3 Å². The number of aliphatic hydroxyl groups is 2. The summed E-state index contributed by atoms with van der Waals surface area (Å²) in [5.74, 6) is -0.333. The van der Waals surface area contributed by atoms with Crippen LogP contribution in [0.15, 0.2) is 21.4 Å². The highest BCUT2D eigenvalue weighted by Crippen LogP contribution is 2.63. The molecule has 7 heteroatoms. The first-order valence-electron chi connectivity index (χ1n) is 12.6. The molecule has 2 aliphatic rings. The van der Waals surface area contributed by atoms with Crippen LogP contribution < -0.4 is 10.2 Å². The van der Waals surface area contributed by atoms with Crippen molar-refractivity contribution >= 4 is 5.97 Å². The topological polar surface area (TPSA) is 106 Å². The minimum absolute atomic E-state index is 0.0554. The first-order chi connectivity index (χ1) is 16.2. The minimum Gasteiger partial charge on any atom is -0.468 e. The van der Waals surface area contributed by atoms with E-state index in [1.54, 1.807) is 20.8 Å². The van der Waals surface area contributed by atoms with E-state index in [2.05, 4.69) is 20.4 Å². The number of aliphatic hydroxyl groups excluding tert-OH is 1. The molecule has 0 aromatic carbocycles. The minimum atomic E-state index is -0.813. The summed E-state index contributed by atoms with van der Waals surface area (Å²) < 4.78 is 16.0. The Morgan fingerprint density at radius 1 is 1.26 bits per heavy atom. The van der Waals surface area contributed by atoms with Gasteiger partial charge in [0.15, 0.2) is 0 Å². The number of aryl methyl sites for hydroxylation is 1. The van der Waals surface area contributed by atoms with Gasteiger partial charge in [-0.3, -0.25) is 4.79 Å². The maximum Gasteiger partial charge on any atom is 0.345 e. The Hall–Kier alpha value is -2.12. The van der Waals surface area contributed by atoms with Gasteiger partial charge in [0, 0.05) is 0 Å². The molecule has 2 aliphatic carbocycles.